The van der Waals surface area contributed by atoms with E-state index in [1.807, 2.05) is 48.5 Å². The number of amides is 3. The van der Waals surface area contributed by atoms with E-state index in [9.17, 15) is 9.59 Å². The predicted molar refractivity (Wildman–Crippen MR) is 119 cm³/mol. The molecule has 0 bridgehead atoms. The molecule has 3 aromatic carbocycles. The first-order chi connectivity index (χ1) is 14.7. The highest BCUT2D eigenvalue weighted by Crippen LogP contribution is 2.26. The summed E-state index contributed by atoms with van der Waals surface area (Å²) in [6, 6.07) is 21.7. The number of benzene rings is 3. The number of anilines is 3. The Morgan fingerprint density at radius 3 is 2.20 bits per heavy atom. The van der Waals surface area contributed by atoms with Crippen molar-refractivity contribution < 1.29 is 14.3 Å². The molecule has 0 fully saturated rings. The zero-order valence-corrected chi connectivity index (χ0v) is 16.2. The molecule has 6 heteroatoms. The van der Waals surface area contributed by atoms with Crippen molar-refractivity contribution in [2.45, 2.75) is 6.42 Å². The van der Waals surface area contributed by atoms with Crippen molar-refractivity contribution in [1.82, 2.24) is 0 Å². The second kappa shape index (κ2) is 8.96. The number of para-hydroxylation sites is 1. The van der Waals surface area contributed by atoms with Gasteiger partial charge in [0.15, 0.2) is 0 Å². The van der Waals surface area contributed by atoms with Gasteiger partial charge in [-0.05, 0) is 65.7 Å². The van der Waals surface area contributed by atoms with Crippen molar-refractivity contribution >= 4 is 35.1 Å². The van der Waals surface area contributed by atoms with Crippen LogP contribution in [-0.2, 0) is 11.2 Å². The number of carbonyl (C=O) groups is 2. The van der Waals surface area contributed by atoms with Gasteiger partial charge in [0, 0.05) is 29.6 Å². The minimum atomic E-state index is -0.333. The Hall–Kier alpha value is -4.06. The number of nitrogens with one attached hydrogen (secondary N) is 3. The van der Waals surface area contributed by atoms with Gasteiger partial charge in [-0.25, -0.2) is 4.79 Å². The summed E-state index contributed by atoms with van der Waals surface area (Å²) in [5.74, 6) is 0.692. The first kappa shape index (κ1) is 19.3. The molecule has 3 amide bonds. The topological polar surface area (TPSA) is 79.5 Å². The summed E-state index contributed by atoms with van der Waals surface area (Å²) in [4.78, 5) is 24.2. The fourth-order valence-corrected chi connectivity index (χ4v) is 3.12. The van der Waals surface area contributed by atoms with E-state index in [-0.39, 0.29) is 11.9 Å². The average Bonchev–Trinajstić information content (AvgIpc) is 3.22. The molecule has 1 heterocycles. The van der Waals surface area contributed by atoms with Crippen LogP contribution in [0.4, 0.5) is 21.9 Å². The second-order valence-corrected chi connectivity index (χ2v) is 6.81. The maximum absolute atomic E-state index is 12.2. The normalized spacial score (nSPS) is 12.1. The highest BCUT2D eigenvalue weighted by molar-refractivity contribution is 6.02. The number of hydrogen-bond acceptors (Lipinski definition) is 3. The lowest BCUT2D eigenvalue weighted by Gasteiger charge is -2.08. The average molecular weight is 399 g/mol. The third kappa shape index (κ3) is 5.05. The summed E-state index contributed by atoms with van der Waals surface area (Å²) >= 11 is 0. The van der Waals surface area contributed by atoms with Crippen molar-refractivity contribution in [3.8, 4) is 5.75 Å². The van der Waals surface area contributed by atoms with Gasteiger partial charge in [-0.2, -0.15) is 0 Å². The lowest BCUT2D eigenvalue weighted by molar-refractivity contribution is -0.111. The number of hydrogen-bond donors (Lipinski definition) is 3. The monoisotopic (exact) mass is 399 g/mol. The lowest BCUT2D eigenvalue weighted by atomic mass is 10.1. The molecule has 0 atom stereocenters. The lowest BCUT2D eigenvalue weighted by Crippen LogP contribution is -2.19. The van der Waals surface area contributed by atoms with Gasteiger partial charge >= 0.3 is 6.03 Å². The summed E-state index contributed by atoms with van der Waals surface area (Å²) in [6.07, 6.45) is 4.17. The molecular formula is C24H21N3O3. The highest BCUT2D eigenvalue weighted by Gasteiger charge is 2.11. The maximum Gasteiger partial charge on any atom is 0.323 e. The van der Waals surface area contributed by atoms with Crippen molar-refractivity contribution in [2.24, 2.45) is 0 Å². The molecule has 0 unspecified atom stereocenters. The largest absolute Gasteiger partial charge is 0.493 e. The number of carbonyl (C=O) groups excluding carboxylic acids is 2. The molecule has 30 heavy (non-hydrogen) atoms. The van der Waals surface area contributed by atoms with E-state index in [0.29, 0.717) is 23.7 Å². The zero-order valence-electron chi connectivity index (χ0n) is 16.2. The molecule has 0 saturated carbocycles. The minimum Gasteiger partial charge on any atom is -0.493 e. The van der Waals surface area contributed by atoms with Crippen LogP contribution in [0.25, 0.3) is 6.08 Å². The summed E-state index contributed by atoms with van der Waals surface area (Å²) in [5.41, 5.74) is 4.09. The van der Waals surface area contributed by atoms with Gasteiger partial charge in [0.2, 0.25) is 5.91 Å². The van der Waals surface area contributed by atoms with Gasteiger partial charge in [0.25, 0.3) is 0 Å². The first-order valence-corrected chi connectivity index (χ1v) is 9.64. The summed E-state index contributed by atoms with van der Waals surface area (Å²) < 4.78 is 5.49. The molecule has 0 radical (unpaired) electrons. The standard InChI is InChI=1S/C24H21N3O3/c28-23(13-7-17-6-12-22-18(16-17)14-15-30-22)25-20-8-10-21(11-9-20)27-24(29)26-19-4-2-1-3-5-19/h1-13,16H,14-15H2,(H,25,28)(H2,26,27,29)/b13-7+. The number of fused-ring (bicyclic) bond motifs is 1. The van der Waals surface area contributed by atoms with E-state index >= 15 is 0 Å². The van der Waals surface area contributed by atoms with Crippen LogP contribution in [-0.4, -0.2) is 18.5 Å². The molecule has 3 N–H and O–H groups in total. The first-order valence-electron chi connectivity index (χ1n) is 9.64. The molecule has 0 saturated heterocycles. The molecule has 0 aliphatic carbocycles. The summed E-state index contributed by atoms with van der Waals surface area (Å²) in [7, 11) is 0. The third-order valence-electron chi connectivity index (χ3n) is 4.58. The molecule has 1 aliphatic rings. The molecule has 0 aromatic heterocycles. The number of urea groups is 1. The van der Waals surface area contributed by atoms with Crippen molar-refractivity contribution in [3.05, 3.63) is 90.0 Å². The van der Waals surface area contributed by atoms with Crippen LogP contribution in [0.2, 0.25) is 0 Å². The van der Waals surface area contributed by atoms with Crippen molar-refractivity contribution in [2.75, 3.05) is 22.6 Å². The number of rotatable bonds is 5. The van der Waals surface area contributed by atoms with E-state index in [4.69, 9.17) is 4.74 Å². The molecule has 150 valence electrons. The Labute approximate surface area is 174 Å². The van der Waals surface area contributed by atoms with Crippen molar-refractivity contribution in [1.29, 1.82) is 0 Å². The van der Waals surface area contributed by atoms with E-state index in [2.05, 4.69) is 16.0 Å². The fraction of sp³-hybridized carbons (Fsp3) is 0.0833. The Balaban J connectivity index is 1.29. The van der Waals surface area contributed by atoms with Crippen LogP contribution < -0.4 is 20.7 Å². The van der Waals surface area contributed by atoms with Crippen LogP contribution >= 0.6 is 0 Å². The van der Waals surface area contributed by atoms with Gasteiger partial charge in [-0.15, -0.1) is 0 Å². The Kier molecular flexibility index (Phi) is 5.75. The van der Waals surface area contributed by atoms with Crippen LogP contribution in [0.5, 0.6) is 5.75 Å². The zero-order chi connectivity index (χ0) is 20.8. The molecule has 3 aromatic rings. The summed E-state index contributed by atoms with van der Waals surface area (Å²) in [6.45, 7) is 0.710. The van der Waals surface area contributed by atoms with E-state index in [1.165, 1.54) is 6.08 Å². The SMILES string of the molecule is O=C(/C=C/c1ccc2c(c1)CCO2)Nc1ccc(NC(=O)Nc2ccccc2)cc1. The molecule has 4 rings (SSSR count). The van der Waals surface area contributed by atoms with E-state index < -0.39 is 0 Å². The van der Waals surface area contributed by atoms with Crippen molar-refractivity contribution in [3.63, 3.8) is 0 Å². The highest BCUT2D eigenvalue weighted by atomic mass is 16.5. The van der Waals surface area contributed by atoms with Crippen LogP contribution in [0.15, 0.2) is 78.9 Å². The van der Waals surface area contributed by atoms with Crippen LogP contribution in [0, 0.1) is 0 Å². The Morgan fingerprint density at radius 2 is 1.47 bits per heavy atom. The molecule has 0 spiro atoms. The summed E-state index contributed by atoms with van der Waals surface area (Å²) in [5, 5.41) is 8.31. The van der Waals surface area contributed by atoms with Gasteiger partial charge in [-0.3, -0.25) is 4.79 Å². The van der Waals surface area contributed by atoms with Gasteiger partial charge < -0.3 is 20.7 Å². The predicted octanol–water partition coefficient (Wildman–Crippen LogP) is 4.92. The van der Waals surface area contributed by atoms with Crippen LogP contribution in [0.3, 0.4) is 0 Å². The number of ether oxygens (including phenoxy) is 1. The van der Waals surface area contributed by atoms with Gasteiger partial charge in [0.05, 0.1) is 6.61 Å². The van der Waals surface area contributed by atoms with Crippen LogP contribution in [0.1, 0.15) is 11.1 Å². The Bertz CT molecular complexity index is 1080. The molecule has 6 nitrogen and oxygen atoms in total. The van der Waals surface area contributed by atoms with Gasteiger partial charge in [0.1, 0.15) is 5.75 Å². The molecule has 1 aliphatic heterocycles. The fourth-order valence-electron chi connectivity index (χ4n) is 3.12. The second-order valence-electron chi connectivity index (χ2n) is 6.81. The van der Waals surface area contributed by atoms with E-state index in [0.717, 1.165) is 23.3 Å². The minimum absolute atomic E-state index is 0.228. The third-order valence-corrected chi connectivity index (χ3v) is 4.58. The van der Waals surface area contributed by atoms with E-state index in [1.54, 1.807) is 30.3 Å². The van der Waals surface area contributed by atoms with Gasteiger partial charge in [-0.1, -0.05) is 24.3 Å². The Morgan fingerprint density at radius 1 is 0.800 bits per heavy atom. The quantitative estimate of drug-likeness (QED) is 0.533. The smallest absolute Gasteiger partial charge is 0.323 e. The maximum atomic E-state index is 12.2. The molecular weight excluding hydrogens is 378 g/mol.